The molecule has 228 valence electrons. The van der Waals surface area contributed by atoms with Crippen LogP contribution < -0.4 is 20.3 Å². The first kappa shape index (κ1) is 30.7. The summed E-state index contributed by atoms with van der Waals surface area (Å²) < 4.78 is 38.0. The number of nitrogens with zero attached hydrogens (tertiary/aromatic N) is 2. The molecule has 0 radical (unpaired) electrons. The number of hydrogen-bond donors (Lipinski definition) is 2. The molecule has 1 aliphatic rings. The maximum absolute atomic E-state index is 13.3. The first-order chi connectivity index (χ1) is 21.4. The van der Waals surface area contributed by atoms with Gasteiger partial charge in [0.25, 0.3) is 0 Å². The molecule has 0 bridgehead atoms. The van der Waals surface area contributed by atoms with Crippen molar-refractivity contribution >= 4 is 23.2 Å². The van der Waals surface area contributed by atoms with E-state index in [0.29, 0.717) is 50.0 Å². The largest absolute Gasteiger partial charge is 0.457 e. The van der Waals surface area contributed by atoms with Gasteiger partial charge >= 0.3 is 0 Å². The Labute approximate surface area is 255 Å². The van der Waals surface area contributed by atoms with E-state index >= 15 is 0 Å². The zero-order valence-corrected chi connectivity index (χ0v) is 24.1. The van der Waals surface area contributed by atoms with E-state index in [1.54, 1.807) is 36.4 Å². The number of carbonyl (C=O) groups excluding carboxylic acids is 2. The number of nitrogens with one attached hydrogen (secondary N) is 2. The van der Waals surface area contributed by atoms with Crippen LogP contribution in [0.3, 0.4) is 0 Å². The highest BCUT2D eigenvalue weighted by atomic mass is 19.1. The van der Waals surface area contributed by atoms with Gasteiger partial charge in [0, 0.05) is 37.6 Å². The average Bonchev–Trinajstić information content (AvgIpc) is 3.04. The Morgan fingerprint density at radius 1 is 0.750 bits per heavy atom. The highest BCUT2D eigenvalue weighted by molar-refractivity contribution is 5.97. The van der Waals surface area contributed by atoms with Gasteiger partial charge in [-0.05, 0) is 78.4 Å². The lowest BCUT2D eigenvalue weighted by Crippen LogP contribution is -2.53. The van der Waals surface area contributed by atoms with Crippen LogP contribution >= 0.6 is 0 Å². The molecule has 1 heterocycles. The SMILES string of the molecule is O=C(CN1CCN(c2ccc(F)cc2)CC1)N[C@@H](COCc1ccccc1)C(=O)Nc1ccc(Oc2ccc(F)cc2)cc1. The van der Waals surface area contributed by atoms with E-state index in [2.05, 4.69) is 15.5 Å². The zero-order chi connectivity index (χ0) is 30.7. The van der Waals surface area contributed by atoms with Crippen LogP contribution in [0.4, 0.5) is 20.2 Å². The van der Waals surface area contributed by atoms with E-state index in [0.717, 1.165) is 11.3 Å². The molecule has 5 rings (SSSR count). The number of anilines is 2. The van der Waals surface area contributed by atoms with Gasteiger partial charge in [0.2, 0.25) is 11.8 Å². The summed E-state index contributed by atoms with van der Waals surface area (Å²) in [4.78, 5) is 30.5. The van der Waals surface area contributed by atoms with Crippen LogP contribution in [0.2, 0.25) is 0 Å². The molecular formula is C34H34F2N4O4. The van der Waals surface area contributed by atoms with E-state index in [1.165, 1.54) is 36.4 Å². The zero-order valence-electron chi connectivity index (χ0n) is 24.1. The average molecular weight is 601 g/mol. The van der Waals surface area contributed by atoms with Crippen molar-refractivity contribution in [3.05, 3.63) is 120 Å². The molecule has 2 amide bonds. The molecule has 44 heavy (non-hydrogen) atoms. The predicted molar refractivity (Wildman–Crippen MR) is 165 cm³/mol. The van der Waals surface area contributed by atoms with Gasteiger partial charge in [-0.1, -0.05) is 30.3 Å². The standard InChI is InChI=1S/C34H34F2N4O4/c35-26-6-12-29(13-7-26)40-20-18-39(19-21-40)22-33(41)38-32(24-43-23-25-4-2-1-3-5-25)34(42)37-28-10-16-31(17-11-28)44-30-14-8-27(36)9-15-30/h1-17,32H,18-24H2,(H,37,42)(H,38,41)/t32-/m0/s1. The lowest BCUT2D eigenvalue weighted by molar-refractivity contribution is -0.128. The van der Waals surface area contributed by atoms with Crippen LogP contribution in [0, 0.1) is 11.6 Å². The summed E-state index contributed by atoms with van der Waals surface area (Å²) >= 11 is 0. The smallest absolute Gasteiger partial charge is 0.249 e. The lowest BCUT2D eigenvalue weighted by atomic mass is 10.2. The molecule has 0 aromatic heterocycles. The summed E-state index contributed by atoms with van der Waals surface area (Å²) in [5.74, 6) is -0.326. The Balaban J connectivity index is 1.15. The number of hydrogen-bond acceptors (Lipinski definition) is 6. The van der Waals surface area contributed by atoms with E-state index in [9.17, 15) is 18.4 Å². The quantitative estimate of drug-likeness (QED) is 0.232. The van der Waals surface area contributed by atoms with Crippen LogP contribution in [0.1, 0.15) is 5.56 Å². The third-order valence-corrected chi connectivity index (χ3v) is 7.15. The van der Waals surface area contributed by atoms with Crippen molar-refractivity contribution in [2.24, 2.45) is 0 Å². The second kappa shape index (κ2) is 15.1. The number of benzene rings is 4. The van der Waals surface area contributed by atoms with Gasteiger partial charge in [0.15, 0.2) is 0 Å². The maximum atomic E-state index is 13.3. The summed E-state index contributed by atoms with van der Waals surface area (Å²) in [6, 6.07) is 27.4. The number of rotatable bonds is 12. The van der Waals surface area contributed by atoms with E-state index < -0.39 is 11.9 Å². The van der Waals surface area contributed by atoms with Crippen LogP contribution in [0.5, 0.6) is 11.5 Å². The number of ether oxygens (including phenoxy) is 2. The van der Waals surface area contributed by atoms with Crippen LogP contribution in [-0.4, -0.2) is 62.1 Å². The van der Waals surface area contributed by atoms with Gasteiger partial charge in [0.05, 0.1) is 19.8 Å². The Morgan fingerprint density at radius 2 is 1.34 bits per heavy atom. The normalized spacial score (nSPS) is 14.1. The summed E-state index contributed by atoms with van der Waals surface area (Å²) in [5, 5.41) is 5.68. The van der Waals surface area contributed by atoms with Crippen molar-refractivity contribution < 1.29 is 27.8 Å². The molecule has 10 heteroatoms. The topological polar surface area (TPSA) is 83.1 Å². The van der Waals surface area contributed by atoms with Gasteiger partial charge in [-0.3, -0.25) is 14.5 Å². The van der Waals surface area contributed by atoms with Gasteiger partial charge in [0.1, 0.15) is 29.2 Å². The van der Waals surface area contributed by atoms with Crippen molar-refractivity contribution in [2.75, 3.05) is 49.5 Å². The van der Waals surface area contributed by atoms with Gasteiger partial charge in [-0.15, -0.1) is 0 Å². The number of halogens is 2. The fraction of sp³-hybridized carbons (Fsp3) is 0.235. The van der Waals surface area contributed by atoms with Crippen molar-refractivity contribution in [3.8, 4) is 11.5 Å². The highest BCUT2D eigenvalue weighted by Gasteiger charge is 2.24. The minimum atomic E-state index is -0.929. The van der Waals surface area contributed by atoms with E-state index in [-0.39, 0.29) is 30.7 Å². The number of piperazine rings is 1. The Hall–Kier alpha value is -4.80. The van der Waals surface area contributed by atoms with Gasteiger partial charge in [-0.2, -0.15) is 0 Å². The molecule has 4 aromatic carbocycles. The third kappa shape index (κ3) is 9.10. The van der Waals surface area contributed by atoms with Crippen molar-refractivity contribution in [2.45, 2.75) is 12.6 Å². The monoisotopic (exact) mass is 600 g/mol. The van der Waals surface area contributed by atoms with Crippen LogP contribution in [0.25, 0.3) is 0 Å². The predicted octanol–water partition coefficient (Wildman–Crippen LogP) is 5.22. The fourth-order valence-corrected chi connectivity index (χ4v) is 4.79. The fourth-order valence-electron chi connectivity index (χ4n) is 4.79. The first-order valence-electron chi connectivity index (χ1n) is 14.4. The molecule has 0 aliphatic carbocycles. The Bertz CT molecular complexity index is 1500. The summed E-state index contributed by atoms with van der Waals surface area (Å²) in [5.41, 5.74) is 2.41. The molecular weight excluding hydrogens is 566 g/mol. The minimum absolute atomic E-state index is 0.0173. The molecule has 1 fully saturated rings. The van der Waals surface area contributed by atoms with E-state index in [1.807, 2.05) is 35.2 Å². The molecule has 1 aliphatic heterocycles. The van der Waals surface area contributed by atoms with Crippen molar-refractivity contribution in [1.29, 1.82) is 0 Å². The van der Waals surface area contributed by atoms with Gasteiger partial charge in [-0.25, -0.2) is 8.78 Å². The maximum Gasteiger partial charge on any atom is 0.249 e. The second-order valence-corrected chi connectivity index (χ2v) is 10.4. The number of amides is 2. The molecule has 0 saturated carbocycles. The summed E-state index contributed by atoms with van der Waals surface area (Å²) in [6.45, 7) is 3.11. The molecule has 0 unspecified atom stereocenters. The third-order valence-electron chi connectivity index (χ3n) is 7.15. The van der Waals surface area contributed by atoms with Crippen LogP contribution in [0.15, 0.2) is 103 Å². The highest BCUT2D eigenvalue weighted by Crippen LogP contribution is 2.23. The second-order valence-electron chi connectivity index (χ2n) is 10.4. The van der Waals surface area contributed by atoms with E-state index in [4.69, 9.17) is 9.47 Å². The molecule has 1 saturated heterocycles. The Kier molecular flexibility index (Phi) is 10.5. The molecule has 1 atom stereocenters. The summed E-state index contributed by atoms with van der Waals surface area (Å²) in [6.07, 6.45) is 0. The Morgan fingerprint density at radius 3 is 1.98 bits per heavy atom. The minimum Gasteiger partial charge on any atom is -0.457 e. The molecule has 8 nitrogen and oxygen atoms in total. The van der Waals surface area contributed by atoms with Crippen molar-refractivity contribution in [1.82, 2.24) is 10.2 Å². The molecule has 2 N–H and O–H groups in total. The van der Waals surface area contributed by atoms with Crippen molar-refractivity contribution in [3.63, 3.8) is 0 Å². The molecule has 4 aromatic rings. The molecule has 0 spiro atoms. The van der Waals surface area contributed by atoms with Gasteiger partial charge < -0.3 is 25.0 Å². The number of carbonyl (C=O) groups is 2. The lowest BCUT2D eigenvalue weighted by Gasteiger charge is -2.35. The first-order valence-corrected chi connectivity index (χ1v) is 14.4. The van der Waals surface area contributed by atoms with Crippen LogP contribution in [-0.2, 0) is 20.9 Å². The summed E-state index contributed by atoms with van der Waals surface area (Å²) in [7, 11) is 0.